The topological polar surface area (TPSA) is 50.2 Å². The lowest BCUT2D eigenvalue weighted by Crippen LogP contribution is -1.89. The van der Waals surface area contributed by atoms with Crippen molar-refractivity contribution < 1.29 is 0 Å². The Labute approximate surface area is 70.3 Å². The lowest BCUT2D eigenvalue weighted by molar-refractivity contribution is 0.986. The van der Waals surface area contributed by atoms with Crippen molar-refractivity contribution in [2.45, 2.75) is 6.92 Å². The number of rotatable bonds is 0. The van der Waals surface area contributed by atoms with Crippen LogP contribution in [-0.4, -0.2) is 5.71 Å². The molecule has 1 radical (unpaired) electrons. The maximum absolute atomic E-state index is 8.63. The van der Waals surface area contributed by atoms with Gasteiger partial charge in [-0.05, 0) is 25.1 Å². The van der Waals surface area contributed by atoms with Crippen molar-refractivity contribution in [1.29, 1.82) is 5.26 Å². The summed E-state index contributed by atoms with van der Waals surface area (Å²) in [6, 6.07) is 7.45. The van der Waals surface area contributed by atoms with Gasteiger partial charge in [-0.25, -0.2) is 0 Å². The Hall–Kier alpha value is -1.82. The molecule has 0 aliphatic carbocycles. The first-order chi connectivity index (χ1) is 5.81. The smallest absolute Gasteiger partial charge is 0.0991 e. The highest BCUT2D eigenvalue weighted by atomic mass is 15.3. The summed E-state index contributed by atoms with van der Waals surface area (Å²) >= 11 is 0. The zero-order valence-electron chi connectivity index (χ0n) is 6.57. The third-order valence-electron chi connectivity index (χ3n) is 1.82. The zero-order valence-corrected chi connectivity index (χ0v) is 6.57. The predicted molar refractivity (Wildman–Crippen MR) is 45.2 cm³/mol. The van der Waals surface area contributed by atoms with E-state index < -0.39 is 0 Å². The van der Waals surface area contributed by atoms with Crippen molar-refractivity contribution >= 4 is 11.4 Å². The van der Waals surface area contributed by atoms with Crippen LogP contribution in [0.2, 0.25) is 0 Å². The van der Waals surface area contributed by atoms with Gasteiger partial charge in [0.15, 0.2) is 0 Å². The summed E-state index contributed by atoms with van der Waals surface area (Å²) in [4.78, 5) is 0. The van der Waals surface area contributed by atoms with Gasteiger partial charge < -0.3 is 0 Å². The molecule has 3 nitrogen and oxygen atoms in total. The molecule has 12 heavy (non-hydrogen) atoms. The molecule has 0 amide bonds. The fourth-order valence-corrected chi connectivity index (χ4v) is 1.17. The van der Waals surface area contributed by atoms with E-state index in [0.717, 1.165) is 17.0 Å². The Morgan fingerprint density at radius 1 is 1.42 bits per heavy atom. The van der Waals surface area contributed by atoms with E-state index in [4.69, 9.17) is 5.26 Å². The third kappa shape index (κ3) is 0.857. The molecule has 1 aliphatic rings. The summed E-state index contributed by atoms with van der Waals surface area (Å²) < 4.78 is 0. The van der Waals surface area contributed by atoms with Crippen LogP contribution < -0.4 is 5.43 Å². The van der Waals surface area contributed by atoms with Gasteiger partial charge in [0.25, 0.3) is 0 Å². The quantitative estimate of drug-likeness (QED) is 0.562. The van der Waals surface area contributed by atoms with Crippen LogP contribution in [0.3, 0.4) is 0 Å². The molecule has 1 aromatic carbocycles. The molecule has 0 bridgehead atoms. The Balaban J connectivity index is 2.59. The minimum Gasteiger partial charge on any atom is -0.192 e. The van der Waals surface area contributed by atoms with Gasteiger partial charge in [-0.3, -0.25) is 0 Å². The Kier molecular flexibility index (Phi) is 1.34. The van der Waals surface area contributed by atoms with Gasteiger partial charge in [0, 0.05) is 5.56 Å². The summed E-state index contributed by atoms with van der Waals surface area (Å²) in [6.07, 6.45) is 0. The highest BCUT2D eigenvalue weighted by Crippen LogP contribution is 2.22. The lowest BCUT2D eigenvalue weighted by atomic mass is 10.1. The molecule has 1 aromatic rings. The first-order valence-corrected chi connectivity index (χ1v) is 3.61. The van der Waals surface area contributed by atoms with E-state index in [1.807, 2.05) is 19.1 Å². The van der Waals surface area contributed by atoms with Crippen molar-refractivity contribution in [2.24, 2.45) is 5.10 Å². The average Bonchev–Trinajstić information content (AvgIpc) is 2.47. The number of nitrogens with zero attached hydrogens (tertiary/aromatic N) is 3. The second-order valence-electron chi connectivity index (χ2n) is 2.63. The maximum atomic E-state index is 8.63. The summed E-state index contributed by atoms with van der Waals surface area (Å²) in [5.74, 6) is 0. The summed E-state index contributed by atoms with van der Waals surface area (Å²) in [5.41, 5.74) is 7.28. The van der Waals surface area contributed by atoms with Crippen molar-refractivity contribution in [3.63, 3.8) is 0 Å². The van der Waals surface area contributed by atoms with E-state index >= 15 is 0 Å². The van der Waals surface area contributed by atoms with Crippen LogP contribution in [-0.2, 0) is 0 Å². The minimum atomic E-state index is 0.653. The number of hydrogen-bond donors (Lipinski definition) is 0. The maximum Gasteiger partial charge on any atom is 0.0991 e. The van der Waals surface area contributed by atoms with Crippen LogP contribution >= 0.6 is 0 Å². The van der Waals surface area contributed by atoms with Crippen LogP contribution in [0.25, 0.3) is 0 Å². The standard InChI is InChI=1S/C9H6N3/c1-6-8-4-7(5-10)2-3-9(8)12-11-6/h2-4H,1H3. The van der Waals surface area contributed by atoms with Gasteiger partial charge in [-0.1, -0.05) is 0 Å². The van der Waals surface area contributed by atoms with Crippen LogP contribution in [0, 0.1) is 11.3 Å². The normalized spacial score (nSPS) is 12.8. The molecule has 0 aromatic heterocycles. The van der Waals surface area contributed by atoms with Gasteiger partial charge in [-0.2, -0.15) is 15.8 Å². The molecule has 0 N–H and O–H groups in total. The number of fused-ring (bicyclic) bond motifs is 1. The molecular formula is C9H6N3. The molecule has 0 spiro atoms. The SMILES string of the molecule is CC1=N[N]c2ccc(C#N)cc21. The van der Waals surface area contributed by atoms with Crippen molar-refractivity contribution in [3.8, 4) is 6.07 Å². The van der Waals surface area contributed by atoms with Crippen molar-refractivity contribution in [1.82, 2.24) is 5.43 Å². The molecule has 3 heteroatoms. The summed E-state index contributed by atoms with van der Waals surface area (Å²) in [5, 5.41) is 12.5. The van der Waals surface area contributed by atoms with Crippen LogP contribution in [0.1, 0.15) is 18.1 Å². The molecule has 1 heterocycles. The van der Waals surface area contributed by atoms with E-state index in [-0.39, 0.29) is 0 Å². The summed E-state index contributed by atoms with van der Waals surface area (Å²) in [7, 11) is 0. The molecule has 0 saturated carbocycles. The molecule has 0 saturated heterocycles. The van der Waals surface area contributed by atoms with Gasteiger partial charge >= 0.3 is 0 Å². The van der Waals surface area contributed by atoms with E-state index in [1.54, 1.807) is 6.07 Å². The monoisotopic (exact) mass is 156 g/mol. The van der Waals surface area contributed by atoms with Crippen LogP contribution in [0.5, 0.6) is 0 Å². The number of benzene rings is 1. The predicted octanol–water partition coefficient (Wildman–Crippen LogP) is 1.53. The minimum absolute atomic E-state index is 0.653. The molecule has 0 unspecified atom stereocenters. The molecule has 1 aliphatic heterocycles. The average molecular weight is 156 g/mol. The van der Waals surface area contributed by atoms with Gasteiger partial charge in [0.05, 0.1) is 23.0 Å². The third-order valence-corrected chi connectivity index (χ3v) is 1.82. The molecule has 57 valence electrons. The number of hydrogen-bond acceptors (Lipinski definition) is 2. The summed E-state index contributed by atoms with van der Waals surface area (Å²) in [6.45, 7) is 1.89. The second kappa shape index (κ2) is 2.35. The lowest BCUT2D eigenvalue weighted by Gasteiger charge is -1.95. The van der Waals surface area contributed by atoms with E-state index in [9.17, 15) is 0 Å². The Morgan fingerprint density at radius 2 is 2.25 bits per heavy atom. The first-order valence-electron chi connectivity index (χ1n) is 3.61. The molecular weight excluding hydrogens is 150 g/mol. The molecule has 0 fully saturated rings. The highest BCUT2D eigenvalue weighted by molar-refractivity contribution is 6.05. The Morgan fingerprint density at radius 3 is 3.00 bits per heavy atom. The number of nitriles is 1. The van der Waals surface area contributed by atoms with Gasteiger partial charge in [0.2, 0.25) is 0 Å². The van der Waals surface area contributed by atoms with Crippen LogP contribution in [0.4, 0.5) is 5.69 Å². The van der Waals surface area contributed by atoms with Gasteiger partial charge in [0.1, 0.15) is 0 Å². The molecule has 2 rings (SSSR count). The largest absolute Gasteiger partial charge is 0.192 e. The van der Waals surface area contributed by atoms with Crippen LogP contribution in [0.15, 0.2) is 23.3 Å². The van der Waals surface area contributed by atoms with E-state index in [0.29, 0.717) is 5.56 Å². The zero-order chi connectivity index (χ0) is 8.55. The van der Waals surface area contributed by atoms with Crippen molar-refractivity contribution in [2.75, 3.05) is 0 Å². The Bertz CT molecular complexity index is 399. The fourth-order valence-electron chi connectivity index (χ4n) is 1.17. The van der Waals surface area contributed by atoms with E-state index in [2.05, 4.69) is 16.6 Å². The van der Waals surface area contributed by atoms with E-state index in [1.165, 1.54) is 0 Å². The second-order valence-corrected chi connectivity index (χ2v) is 2.63. The molecule has 0 atom stereocenters. The van der Waals surface area contributed by atoms with Gasteiger partial charge in [-0.15, -0.1) is 0 Å². The first kappa shape index (κ1) is 6.86. The fraction of sp³-hybridized carbons (Fsp3) is 0.111. The highest BCUT2D eigenvalue weighted by Gasteiger charge is 2.13. The van der Waals surface area contributed by atoms with Crippen molar-refractivity contribution in [3.05, 3.63) is 29.3 Å².